The Labute approximate surface area is 168 Å². The summed E-state index contributed by atoms with van der Waals surface area (Å²) >= 11 is 0. The van der Waals surface area contributed by atoms with Crippen LogP contribution in [0.2, 0.25) is 0 Å². The van der Waals surface area contributed by atoms with Gasteiger partial charge in [-0.3, -0.25) is 13.9 Å². The van der Waals surface area contributed by atoms with E-state index in [1.807, 2.05) is 43.3 Å². The van der Waals surface area contributed by atoms with Crippen LogP contribution in [-0.2, 0) is 18.9 Å². The van der Waals surface area contributed by atoms with Gasteiger partial charge in [0.15, 0.2) is 0 Å². The molecule has 0 aliphatic carbocycles. The zero-order chi connectivity index (χ0) is 20.7. The predicted molar refractivity (Wildman–Crippen MR) is 112 cm³/mol. The Hall–Kier alpha value is -3.10. The number of hydrogen-bond donors (Lipinski definition) is 3. The minimum atomic E-state index is -0.374. The third kappa shape index (κ3) is 3.41. The fourth-order valence-corrected chi connectivity index (χ4v) is 3.81. The topological polar surface area (TPSA) is 89.3 Å². The van der Waals surface area contributed by atoms with Gasteiger partial charge in [-0.25, -0.2) is 15.6 Å². The molecular weight excluding hydrogens is 370 g/mol. The number of nitrogens with one attached hydrogen (secondary N) is 3. The highest BCUT2D eigenvalue weighted by Gasteiger charge is 2.30. The van der Waals surface area contributed by atoms with Crippen LogP contribution in [0.5, 0.6) is 5.75 Å². The number of aryl methyl sites for hydroxylation is 3. The first-order valence-electron chi connectivity index (χ1n) is 9.51. The molecule has 0 bridgehead atoms. The molecular formula is C21H25N5O3. The Morgan fingerprint density at radius 2 is 1.86 bits per heavy atom. The fourth-order valence-electron chi connectivity index (χ4n) is 3.81. The van der Waals surface area contributed by atoms with Crippen LogP contribution >= 0.6 is 0 Å². The summed E-state index contributed by atoms with van der Waals surface area (Å²) in [5.41, 5.74) is 10.5. The molecule has 1 fully saturated rings. The van der Waals surface area contributed by atoms with Gasteiger partial charge in [-0.2, -0.15) is 0 Å². The summed E-state index contributed by atoms with van der Waals surface area (Å²) in [6, 6.07) is 11.2. The molecule has 1 aliphatic heterocycles. The molecule has 3 aromatic rings. The smallest absolute Gasteiger partial charge is 0.328 e. The number of ether oxygens (including phenoxy) is 1. The molecule has 2 heterocycles. The van der Waals surface area contributed by atoms with Crippen molar-refractivity contribution < 1.29 is 9.53 Å². The van der Waals surface area contributed by atoms with Gasteiger partial charge in [-0.05, 0) is 48.7 Å². The molecule has 152 valence electrons. The summed E-state index contributed by atoms with van der Waals surface area (Å²) in [4.78, 5) is 25.0. The maximum atomic E-state index is 12.8. The molecule has 1 aromatic heterocycles. The van der Waals surface area contributed by atoms with Crippen LogP contribution in [0.3, 0.4) is 0 Å². The van der Waals surface area contributed by atoms with Gasteiger partial charge in [0.2, 0.25) is 5.91 Å². The molecule has 2 unspecified atom stereocenters. The quantitative estimate of drug-likeness (QED) is 0.626. The van der Waals surface area contributed by atoms with E-state index in [9.17, 15) is 9.59 Å². The van der Waals surface area contributed by atoms with E-state index in [1.54, 1.807) is 30.3 Å². The zero-order valence-corrected chi connectivity index (χ0v) is 16.9. The number of fused-ring (bicyclic) bond motifs is 1. The number of hydrazine groups is 1. The van der Waals surface area contributed by atoms with E-state index in [1.165, 1.54) is 0 Å². The molecule has 3 N–H and O–H groups in total. The standard InChI is InChI=1S/C21H25N5O3/c1-12-8-18-19(26(3)21(28)25(18)2)11-15(12)22-20(27)17-10-16(23-24-17)13-6-5-7-14(9-13)29-4/h5-9,11,16-17,23-24H,10H2,1-4H3,(H,22,27). The van der Waals surface area contributed by atoms with E-state index in [-0.39, 0.29) is 23.7 Å². The van der Waals surface area contributed by atoms with Crippen LogP contribution < -0.4 is 26.6 Å². The SMILES string of the molecule is COc1cccc(C2CC(C(=O)Nc3cc4c(cc3C)n(C)c(=O)n4C)NN2)c1. The summed E-state index contributed by atoms with van der Waals surface area (Å²) in [7, 11) is 5.11. The normalized spacial score (nSPS) is 18.9. The number of carbonyl (C=O) groups excluding carboxylic acids is 1. The number of methoxy groups -OCH3 is 1. The minimum absolute atomic E-state index is 0.0133. The number of amides is 1. The molecule has 0 spiro atoms. The maximum absolute atomic E-state index is 12.8. The van der Waals surface area contributed by atoms with Gasteiger partial charge in [0.05, 0.1) is 18.1 Å². The lowest BCUT2D eigenvalue weighted by Gasteiger charge is -2.13. The lowest BCUT2D eigenvalue weighted by Crippen LogP contribution is -2.39. The molecule has 0 radical (unpaired) electrons. The molecule has 1 saturated heterocycles. The van der Waals surface area contributed by atoms with Crippen LogP contribution in [0, 0.1) is 6.92 Å². The number of rotatable bonds is 4. The lowest BCUT2D eigenvalue weighted by atomic mass is 10.0. The number of aromatic nitrogens is 2. The number of carbonyl (C=O) groups is 1. The minimum Gasteiger partial charge on any atom is -0.497 e. The Balaban J connectivity index is 1.52. The molecule has 29 heavy (non-hydrogen) atoms. The third-order valence-corrected chi connectivity index (χ3v) is 5.59. The van der Waals surface area contributed by atoms with Crippen LogP contribution in [-0.4, -0.2) is 28.2 Å². The van der Waals surface area contributed by atoms with Crippen LogP contribution in [0.1, 0.15) is 23.6 Å². The maximum Gasteiger partial charge on any atom is 0.328 e. The van der Waals surface area contributed by atoms with E-state index in [0.717, 1.165) is 27.9 Å². The Morgan fingerprint density at radius 1 is 1.14 bits per heavy atom. The highest BCUT2D eigenvalue weighted by atomic mass is 16.5. The zero-order valence-electron chi connectivity index (χ0n) is 16.9. The Morgan fingerprint density at radius 3 is 2.59 bits per heavy atom. The number of hydrogen-bond acceptors (Lipinski definition) is 5. The monoisotopic (exact) mass is 395 g/mol. The summed E-state index contributed by atoms with van der Waals surface area (Å²) in [6.07, 6.45) is 0.615. The highest BCUT2D eigenvalue weighted by molar-refractivity contribution is 5.97. The molecule has 4 rings (SSSR count). The van der Waals surface area contributed by atoms with Crippen molar-refractivity contribution in [2.75, 3.05) is 12.4 Å². The van der Waals surface area contributed by atoms with E-state index in [4.69, 9.17) is 4.74 Å². The first-order chi connectivity index (χ1) is 13.9. The van der Waals surface area contributed by atoms with Crippen LogP contribution in [0.25, 0.3) is 11.0 Å². The molecule has 0 saturated carbocycles. The van der Waals surface area contributed by atoms with Crippen molar-refractivity contribution in [3.05, 3.63) is 58.0 Å². The second-order valence-electron chi connectivity index (χ2n) is 7.45. The van der Waals surface area contributed by atoms with Gasteiger partial charge >= 0.3 is 5.69 Å². The van der Waals surface area contributed by atoms with Crippen molar-refractivity contribution in [1.29, 1.82) is 0 Å². The molecule has 1 amide bonds. The molecule has 2 aromatic carbocycles. The first-order valence-corrected chi connectivity index (χ1v) is 9.51. The second-order valence-corrected chi connectivity index (χ2v) is 7.45. The van der Waals surface area contributed by atoms with Crippen molar-refractivity contribution in [2.24, 2.45) is 14.1 Å². The van der Waals surface area contributed by atoms with E-state index >= 15 is 0 Å². The summed E-state index contributed by atoms with van der Waals surface area (Å²) in [6.45, 7) is 1.92. The average molecular weight is 395 g/mol. The van der Waals surface area contributed by atoms with Gasteiger partial charge < -0.3 is 10.1 Å². The van der Waals surface area contributed by atoms with Gasteiger partial charge in [0.1, 0.15) is 11.8 Å². The van der Waals surface area contributed by atoms with Gasteiger partial charge in [0.25, 0.3) is 0 Å². The summed E-state index contributed by atoms with van der Waals surface area (Å²) in [5.74, 6) is 0.667. The fraction of sp³-hybridized carbons (Fsp3) is 0.333. The van der Waals surface area contributed by atoms with Gasteiger partial charge in [-0.1, -0.05) is 12.1 Å². The Kier molecular flexibility index (Phi) is 4.89. The Bertz CT molecular complexity index is 1150. The van der Waals surface area contributed by atoms with Crippen molar-refractivity contribution in [1.82, 2.24) is 20.0 Å². The van der Waals surface area contributed by atoms with Crippen LogP contribution in [0.15, 0.2) is 41.2 Å². The van der Waals surface area contributed by atoms with Gasteiger partial charge in [-0.15, -0.1) is 0 Å². The number of anilines is 1. The molecule has 8 heteroatoms. The lowest BCUT2D eigenvalue weighted by molar-refractivity contribution is -0.117. The molecule has 2 atom stereocenters. The van der Waals surface area contributed by atoms with E-state index in [0.29, 0.717) is 12.1 Å². The first kappa shape index (κ1) is 19.2. The van der Waals surface area contributed by atoms with E-state index < -0.39 is 0 Å². The third-order valence-electron chi connectivity index (χ3n) is 5.59. The van der Waals surface area contributed by atoms with Crippen molar-refractivity contribution in [3.8, 4) is 5.75 Å². The van der Waals surface area contributed by atoms with Crippen LogP contribution in [0.4, 0.5) is 5.69 Å². The summed E-state index contributed by atoms with van der Waals surface area (Å²) in [5, 5.41) is 3.00. The second kappa shape index (κ2) is 7.38. The van der Waals surface area contributed by atoms with E-state index in [2.05, 4.69) is 16.2 Å². The number of nitrogens with zero attached hydrogens (tertiary/aromatic N) is 2. The largest absolute Gasteiger partial charge is 0.497 e. The van der Waals surface area contributed by atoms with Crippen molar-refractivity contribution in [3.63, 3.8) is 0 Å². The predicted octanol–water partition coefficient (Wildman–Crippen LogP) is 1.74. The summed E-state index contributed by atoms with van der Waals surface area (Å²) < 4.78 is 8.47. The number of benzene rings is 2. The van der Waals surface area contributed by atoms with Gasteiger partial charge in [0, 0.05) is 25.8 Å². The number of imidazole rings is 1. The molecule has 8 nitrogen and oxygen atoms in total. The average Bonchev–Trinajstić information content (AvgIpc) is 3.30. The molecule has 1 aliphatic rings. The highest BCUT2D eigenvalue weighted by Crippen LogP contribution is 2.27. The van der Waals surface area contributed by atoms with Crippen molar-refractivity contribution >= 4 is 22.6 Å². The van der Waals surface area contributed by atoms with Crippen molar-refractivity contribution in [2.45, 2.75) is 25.4 Å².